The van der Waals surface area contributed by atoms with Crippen LogP contribution in [0.5, 0.6) is 0 Å². The maximum atomic E-state index is 8.63. The van der Waals surface area contributed by atoms with E-state index in [9.17, 15) is 0 Å². The molecule has 3 nitrogen and oxygen atoms in total. The zero-order valence-corrected chi connectivity index (χ0v) is 6.04. The highest BCUT2D eigenvalue weighted by atomic mass is 16.7. The van der Waals surface area contributed by atoms with E-state index in [-0.39, 0.29) is 19.0 Å². The summed E-state index contributed by atoms with van der Waals surface area (Å²) in [6, 6.07) is 0. The molecule has 0 aromatic carbocycles. The number of hydrogen-bond donors (Lipinski definition) is 1. The third-order valence-corrected chi connectivity index (χ3v) is 1.36. The lowest BCUT2D eigenvalue weighted by atomic mass is 10.3. The fourth-order valence-electron chi connectivity index (χ4n) is 0.802. The average Bonchev–Trinajstić information content (AvgIpc) is 2.34. The Hall–Kier alpha value is -0.380. The standard InChI is InChI=1S/C7H12O3/c1-5(2)7-9-4-6(3-8)10-7/h6-8H,1,3-4H2,2H3. The Labute approximate surface area is 60.3 Å². The Morgan fingerprint density at radius 3 is 2.80 bits per heavy atom. The molecular weight excluding hydrogens is 132 g/mol. The molecule has 0 aliphatic carbocycles. The maximum absolute atomic E-state index is 8.63. The Morgan fingerprint density at radius 1 is 1.80 bits per heavy atom. The zero-order chi connectivity index (χ0) is 7.56. The lowest BCUT2D eigenvalue weighted by molar-refractivity contribution is -0.0375. The van der Waals surface area contributed by atoms with E-state index in [0.717, 1.165) is 5.57 Å². The average molecular weight is 144 g/mol. The van der Waals surface area contributed by atoms with Crippen LogP contribution in [0.3, 0.4) is 0 Å². The molecule has 58 valence electrons. The molecule has 0 radical (unpaired) electrons. The van der Waals surface area contributed by atoms with Gasteiger partial charge < -0.3 is 14.6 Å². The monoisotopic (exact) mass is 144 g/mol. The molecule has 2 atom stereocenters. The fourth-order valence-corrected chi connectivity index (χ4v) is 0.802. The lowest BCUT2D eigenvalue weighted by Crippen LogP contribution is -2.16. The number of aliphatic hydroxyl groups excluding tert-OH is 1. The van der Waals surface area contributed by atoms with E-state index in [2.05, 4.69) is 6.58 Å². The Kier molecular flexibility index (Phi) is 2.43. The molecule has 0 amide bonds. The van der Waals surface area contributed by atoms with E-state index in [4.69, 9.17) is 14.6 Å². The van der Waals surface area contributed by atoms with Crippen molar-refractivity contribution in [2.75, 3.05) is 13.2 Å². The first-order valence-corrected chi connectivity index (χ1v) is 3.27. The largest absolute Gasteiger partial charge is 0.394 e. The van der Waals surface area contributed by atoms with Crippen molar-refractivity contribution in [3.8, 4) is 0 Å². The molecule has 0 bridgehead atoms. The van der Waals surface area contributed by atoms with Gasteiger partial charge in [-0.15, -0.1) is 0 Å². The van der Waals surface area contributed by atoms with Gasteiger partial charge in [-0.3, -0.25) is 0 Å². The summed E-state index contributed by atoms with van der Waals surface area (Å²) in [5.41, 5.74) is 0.843. The molecule has 1 heterocycles. The van der Waals surface area contributed by atoms with Gasteiger partial charge >= 0.3 is 0 Å². The summed E-state index contributed by atoms with van der Waals surface area (Å²) in [6.45, 7) is 6.00. The van der Waals surface area contributed by atoms with Crippen LogP contribution in [-0.2, 0) is 9.47 Å². The van der Waals surface area contributed by atoms with E-state index in [0.29, 0.717) is 6.61 Å². The van der Waals surface area contributed by atoms with Gasteiger partial charge in [0.1, 0.15) is 6.10 Å². The molecule has 0 aromatic heterocycles. The molecule has 2 unspecified atom stereocenters. The molecule has 0 aromatic rings. The molecule has 1 N–H and O–H groups in total. The number of rotatable bonds is 2. The summed E-state index contributed by atoms with van der Waals surface area (Å²) in [4.78, 5) is 0. The summed E-state index contributed by atoms with van der Waals surface area (Å²) in [5.74, 6) is 0. The second-order valence-corrected chi connectivity index (χ2v) is 2.45. The van der Waals surface area contributed by atoms with E-state index in [1.54, 1.807) is 0 Å². The van der Waals surface area contributed by atoms with Gasteiger partial charge in [0.05, 0.1) is 13.2 Å². The summed E-state index contributed by atoms with van der Waals surface area (Å²) in [6.07, 6.45) is -0.473. The Balaban J connectivity index is 2.35. The lowest BCUT2D eigenvalue weighted by Gasteiger charge is -2.08. The molecule has 1 aliphatic heterocycles. The highest BCUT2D eigenvalue weighted by molar-refractivity contribution is 4.95. The summed E-state index contributed by atoms with van der Waals surface area (Å²) < 4.78 is 10.3. The van der Waals surface area contributed by atoms with Crippen LogP contribution in [0.15, 0.2) is 12.2 Å². The van der Waals surface area contributed by atoms with Crippen molar-refractivity contribution in [3.05, 3.63) is 12.2 Å². The number of hydrogen-bond acceptors (Lipinski definition) is 3. The van der Waals surface area contributed by atoms with Crippen molar-refractivity contribution in [3.63, 3.8) is 0 Å². The quantitative estimate of drug-likeness (QED) is 0.566. The zero-order valence-electron chi connectivity index (χ0n) is 6.04. The van der Waals surface area contributed by atoms with Gasteiger partial charge in [0, 0.05) is 0 Å². The molecule has 0 spiro atoms. The molecule has 1 fully saturated rings. The minimum absolute atomic E-state index is 0.0176. The molecule has 10 heavy (non-hydrogen) atoms. The highest BCUT2D eigenvalue weighted by Gasteiger charge is 2.25. The highest BCUT2D eigenvalue weighted by Crippen LogP contribution is 2.16. The Morgan fingerprint density at radius 2 is 2.50 bits per heavy atom. The molecule has 1 saturated heterocycles. The van der Waals surface area contributed by atoms with Crippen molar-refractivity contribution in [2.24, 2.45) is 0 Å². The normalized spacial score (nSPS) is 32.6. The van der Waals surface area contributed by atoms with Gasteiger partial charge in [0.25, 0.3) is 0 Å². The third-order valence-electron chi connectivity index (χ3n) is 1.36. The topological polar surface area (TPSA) is 38.7 Å². The van der Waals surface area contributed by atoms with E-state index < -0.39 is 0 Å². The van der Waals surface area contributed by atoms with Crippen molar-refractivity contribution in [1.82, 2.24) is 0 Å². The van der Waals surface area contributed by atoms with E-state index in [1.807, 2.05) is 6.92 Å². The van der Waals surface area contributed by atoms with Crippen LogP contribution in [0, 0.1) is 0 Å². The first-order chi connectivity index (χ1) is 4.74. The van der Waals surface area contributed by atoms with E-state index >= 15 is 0 Å². The fraction of sp³-hybridized carbons (Fsp3) is 0.714. The van der Waals surface area contributed by atoms with Crippen LogP contribution in [0.25, 0.3) is 0 Å². The van der Waals surface area contributed by atoms with Gasteiger partial charge in [-0.05, 0) is 12.5 Å². The third kappa shape index (κ3) is 1.56. The molecular formula is C7H12O3. The van der Waals surface area contributed by atoms with Crippen LogP contribution in [0.2, 0.25) is 0 Å². The van der Waals surface area contributed by atoms with E-state index in [1.165, 1.54) is 0 Å². The molecule has 1 aliphatic rings. The Bertz CT molecular complexity index is 133. The van der Waals surface area contributed by atoms with Crippen LogP contribution in [0.4, 0.5) is 0 Å². The predicted molar refractivity (Wildman–Crippen MR) is 36.5 cm³/mol. The number of ether oxygens (including phenoxy) is 2. The second-order valence-electron chi connectivity index (χ2n) is 2.45. The van der Waals surface area contributed by atoms with Crippen molar-refractivity contribution in [1.29, 1.82) is 0 Å². The summed E-state index contributed by atoms with van der Waals surface area (Å²) in [5, 5.41) is 8.63. The first-order valence-electron chi connectivity index (χ1n) is 3.27. The van der Waals surface area contributed by atoms with Crippen LogP contribution >= 0.6 is 0 Å². The maximum Gasteiger partial charge on any atom is 0.179 e. The second kappa shape index (κ2) is 3.14. The van der Waals surface area contributed by atoms with Gasteiger partial charge in [0.2, 0.25) is 0 Å². The minimum Gasteiger partial charge on any atom is -0.394 e. The number of aliphatic hydroxyl groups is 1. The van der Waals surface area contributed by atoms with Gasteiger partial charge in [-0.2, -0.15) is 0 Å². The molecule has 0 saturated carbocycles. The van der Waals surface area contributed by atoms with Crippen molar-refractivity contribution < 1.29 is 14.6 Å². The minimum atomic E-state index is -0.308. The SMILES string of the molecule is C=C(C)C1OCC(CO)O1. The molecule has 1 rings (SSSR count). The van der Waals surface area contributed by atoms with Crippen LogP contribution in [-0.4, -0.2) is 30.7 Å². The van der Waals surface area contributed by atoms with Crippen LogP contribution < -0.4 is 0 Å². The first kappa shape index (κ1) is 7.72. The predicted octanol–water partition coefficient (Wildman–Crippen LogP) is 0.296. The smallest absolute Gasteiger partial charge is 0.179 e. The van der Waals surface area contributed by atoms with Gasteiger partial charge in [0.15, 0.2) is 6.29 Å². The van der Waals surface area contributed by atoms with Crippen molar-refractivity contribution in [2.45, 2.75) is 19.3 Å². The summed E-state index contributed by atoms with van der Waals surface area (Å²) in [7, 11) is 0. The van der Waals surface area contributed by atoms with Gasteiger partial charge in [-0.1, -0.05) is 6.58 Å². The summed E-state index contributed by atoms with van der Waals surface area (Å²) >= 11 is 0. The van der Waals surface area contributed by atoms with Crippen molar-refractivity contribution >= 4 is 0 Å². The van der Waals surface area contributed by atoms with Crippen LogP contribution in [0.1, 0.15) is 6.92 Å². The molecule has 3 heteroatoms. The van der Waals surface area contributed by atoms with Gasteiger partial charge in [-0.25, -0.2) is 0 Å².